The molecule has 1 saturated heterocycles. The minimum Gasteiger partial charge on any atom is -0.378 e. The Morgan fingerprint density at radius 2 is 1.88 bits per heavy atom. The molecular formula is C22H21N5O3S2. The van der Waals surface area contributed by atoms with Crippen LogP contribution in [0.5, 0.6) is 0 Å². The summed E-state index contributed by atoms with van der Waals surface area (Å²) in [5, 5.41) is 9.58. The van der Waals surface area contributed by atoms with E-state index in [9.17, 15) is 8.42 Å². The Hall–Kier alpha value is -3.08. The summed E-state index contributed by atoms with van der Waals surface area (Å²) in [7, 11) is -3.74. The van der Waals surface area contributed by atoms with E-state index >= 15 is 0 Å². The lowest BCUT2D eigenvalue weighted by Crippen LogP contribution is -2.36. The summed E-state index contributed by atoms with van der Waals surface area (Å²) in [5.74, 6) is 0.808. The summed E-state index contributed by atoms with van der Waals surface area (Å²) < 4.78 is 34.8. The molecule has 0 amide bonds. The van der Waals surface area contributed by atoms with Crippen LogP contribution in [0.1, 0.15) is 5.01 Å². The zero-order valence-electron chi connectivity index (χ0n) is 17.4. The van der Waals surface area contributed by atoms with Gasteiger partial charge in [0.25, 0.3) is 10.0 Å². The van der Waals surface area contributed by atoms with E-state index in [1.54, 1.807) is 36.4 Å². The molecule has 1 aliphatic rings. The minimum absolute atomic E-state index is 0.203. The summed E-state index contributed by atoms with van der Waals surface area (Å²) in [6.07, 6.45) is 0. The van der Waals surface area contributed by atoms with Gasteiger partial charge in [0.05, 0.1) is 39.0 Å². The van der Waals surface area contributed by atoms with E-state index in [0.717, 1.165) is 39.7 Å². The van der Waals surface area contributed by atoms with Crippen molar-refractivity contribution in [2.24, 2.45) is 0 Å². The summed E-state index contributed by atoms with van der Waals surface area (Å²) in [6, 6.07) is 15.9. The van der Waals surface area contributed by atoms with E-state index in [2.05, 4.69) is 24.8 Å². The molecule has 10 heteroatoms. The maximum atomic E-state index is 12.9. The molecule has 1 fully saturated rings. The number of morpholine rings is 1. The maximum absolute atomic E-state index is 12.9. The number of ether oxygens (including phenoxy) is 1. The Balaban J connectivity index is 1.37. The standard InChI is InChI=1S/C22H21N5O3S2/c1-15-23-20-6-5-18(14-21(20)31-15)32(28,29)26-17-4-2-3-16(13-17)19-7-8-22(25-24-19)27-9-11-30-12-10-27/h2-8,13-14,26H,9-12H2,1H3. The first-order chi connectivity index (χ1) is 15.5. The fourth-order valence-electron chi connectivity index (χ4n) is 3.58. The van der Waals surface area contributed by atoms with Crippen molar-refractivity contribution < 1.29 is 13.2 Å². The normalized spacial score (nSPS) is 14.6. The van der Waals surface area contributed by atoms with Crippen molar-refractivity contribution in [3.63, 3.8) is 0 Å². The Labute approximate surface area is 189 Å². The SMILES string of the molecule is Cc1nc2ccc(S(=O)(=O)Nc3cccc(-c4ccc(N5CCOCC5)nn4)c3)cc2s1. The molecule has 3 heterocycles. The van der Waals surface area contributed by atoms with Gasteiger partial charge in [-0.15, -0.1) is 21.5 Å². The molecule has 0 spiro atoms. The average molecular weight is 468 g/mol. The first-order valence-electron chi connectivity index (χ1n) is 10.1. The van der Waals surface area contributed by atoms with Gasteiger partial charge in [-0.1, -0.05) is 12.1 Å². The van der Waals surface area contributed by atoms with Crippen LogP contribution in [0.2, 0.25) is 0 Å². The molecule has 0 aliphatic carbocycles. The number of nitrogens with one attached hydrogen (secondary N) is 1. The Bertz CT molecular complexity index is 1360. The summed E-state index contributed by atoms with van der Waals surface area (Å²) in [5.41, 5.74) is 2.71. The fourth-order valence-corrected chi connectivity index (χ4v) is 5.60. The van der Waals surface area contributed by atoms with Gasteiger partial charge < -0.3 is 9.64 Å². The summed E-state index contributed by atoms with van der Waals surface area (Å²) >= 11 is 1.47. The zero-order chi connectivity index (χ0) is 22.1. The lowest BCUT2D eigenvalue weighted by atomic mass is 10.1. The van der Waals surface area contributed by atoms with Crippen LogP contribution in [0.15, 0.2) is 59.5 Å². The monoisotopic (exact) mass is 467 g/mol. The van der Waals surface area contributed by atoms with Gasteiger partial charge in [0, 0.05) is 24.3 Å². The van der Waals surface area contributed by atoms with E-state index in [1.165, 1.54) is 11.3 Å². The predicted molar refractivity (Wildman–Crippen MR) is 126 cm³/mol. The lowest BCUT2D eigenvalue weighted by Gasteiger charge is -2.27. The second kappa shape index (κ2) is 8.45. The van der Waals surface area contributed by atoms with Gasteiger partial charge in [0.2, 0.25) is 0 Å². The van der Waals surface area contributed by atoms with E-state index in [1.807, 2.05) is 25.1 Å². The minimum atomic E-state index is -3.74. The smallest absolute Gasteiger partial charge is 0.261 e. The van der Waals surface area contributed by atoms with E-state index < -0.39 is 10.0 Å². The van der Waals surface area contributed by atoms with Crippen LogP contribution in [-0.4, -0.2) is 49.9 Å². The van der Waals surface area contributed by atoms with Crippen molar-refractivity contribution in [1.29, 1.82) is 0 Å². The van der Waals surface area contributed by atoms with Crippen molar-refractivity contribution >= 4 is 43.1 Å². The molecule has 0 unspecified atom stereocenters. The third-order valence-corrected chi connectivity index (χ3v) is 7.49. The molecular weight excluding hydrogens is 446 g/mol. The van der Waals surface area contributed by atoms with Crippen LogP contribution in [0.4, 0.5) is 11.5 Å². The highest BCUT2D eigenvalue weighted by Gasteiger charge is 2.17. The van der Waals surface area contributed by atoms with Crippen molar-refractivity contribution in [2.75, 3.05) is 35.9 Å². The van der Waals surface area contributed by atoms with Gasteiger partial charge in [-0.3, -0.25) is 4.72 Å². The van der Waals surface area contributed by atoms with Crippen LogP contribution < -0.4 is 9.62 Å². The highest BCUT2D eigenvalue weighted by Crippen LogP contribution is 2.27. The first-order valence-corrected chi connectivity index (χ1v) is 12.4. The highest BCUT2D eigenvalue weighted by molar-refractivity contribution is 7.92. The third kappa shape index (κ3) is 4.29. The van der Waals surface area contributed by atoms with Gasteiger partial charge in [-0.05, 0) is 49.4 Å². The largest absolute Gasteiger partial charge is 0.378 e. The number of hydrogen-bond acceptors (Lipinski definition) is 8. The quantitative estimate of drug-likeness (QED) is 0.478. The number of rotatable bonds is 5. The number of aromatic nitrogens is 3. The number of anilines is 2. The molecule has 0 bridgehead atoms. The van der Waals surface area contributed by atoms with E-state index in [4.69, 9.17) is 4.74 Å². The Morgan fingerprint density at radius 3 is 2.66 bits per heavy atom. The molecule has 32 heavy (non-hydrogen) atoms. The van der Waals surface area contributed by atoms with Crippen molar-refractivity contribution in [1.82, 2.24) is 15.2 Å². The van der Waals surface area contributed by atoms with Gasteiger partial charge in [-0.25, -0.2) is 13.4 Å². The maximum Gasteiger partial charge on any atom is 0.261 e. The number of sulfonamides is 1. The molecule has 8 nitrogen and oxygen atoms in total. The molecule has 5 rings (SSSR count). The molecule has 2 aromatic carbocycles. The van der Waals surface area contributed by atoms with Crippen LogP contribution >= 0.6 is 11.3 Å². The molecule has 2 aromatic heterocycles. The first kappa shape index (κ1) is 20.8. The summed E-state index contributed by atoms with van der Waals surface area (Å²) in [4.78, 5) is 6.72. The summed E-state index contributed by atoms with van der Waals surface area (Å²) in [6.45, 7) is 4.84. The second-order valence-electron chi connectivity index (χ2n) is 7.42. The highest BCUT2D eigenvalue weighted by atomic mass is 32.2. The Kier molecular flexibility index (Phi) is 5.50. The zero-order valence-corrected chi connectivity index (χ0v) is 19.0. The number of hydrogen-bond donors (Lipinski definition) is 1. The number of aryl methyl sites for hydroxylation is 1. The van der Waals surface area contributed by atoms with E-state index in [-0.39, 0.29) is 4.90 Å². The molecule has 0 atom stereocenters. The third-order valence-electron chi connectivity index (χ3n) is 5.17. The van der Waals surface area contributed by atoms with E-state index in [0.29, 0.717) is 24.6 Å². The number of thiazole rings is 1. The molecule has 1 aliphatic heterocycles. The topological polar surface area (TPSA) is 97.3 Å². The average Bonchev–Trinajstić information content (AvgIpc) is 3.19. The van der Waals surface area contributed by atoms with Crippen molar-refractivity contribution in [3.8, 4) is 11.3 Å². The van der Waals surface area contributed by atoms with Crippen LogP contribution in [0.3, 0.4) is 0 Å². The van der Waals surface area contributed by atoms with Gasteiger partial charge in [0.15, 0.2) is 5.82 Å². The number of nitrogens with zero attached hydrogens (tertiary/aromatic N) is 4. The van der Waals surface area contributed by atoms with Crippen LogP contribution in [0.25, 0.3) is 21.5 Å². The van der Waals surface area contributed by atoms with Crippen LogP contribution in [-0.2, 0) is 14.8 Å². The Morgan fingerprint density at radius 1 is 1.03 bits per heavy atom. The molecule has 0 radical (unpaired) electrons. The second-order valence-corrected chi connectivity index (χ2v) is 10.3. The molecule has 4 aromatic rings. The van der Waals surface area contributed by atoms with Gasteiger partial charge >= 0.3 is 0 Å². The van der Waals surface area contributed by atoms with Crippen LogP contribution in [0, 0.1) is 6.92 Å². The molecule has 164 valence electrons. The predicted octanol–water partition coefficient (Wildman–Crippen LogP) is 3.70. The fraction of sp³-hybridized carbons (Fsp3) is 0.227. The van der Waals surface area contributed by atoms with Gasteiger partial charge in [-0.2, -0.15) is 0 Å². The number of fused-ring (bicyclic) bond motifs is 1. The molecule has 1 N–H and O–H groups in total. The molecule has 0 saturated carbocycles. The number of benzene rings is 2. The van der Waals surface area contributed by atoms with Crippen molar-refractivity contribution in [2.45, 2.75) is 11.8 Å². The van der Waals surface area contributed by atoms with Crippen molar-refractivity contribution in [3.05, 3.63) is 59.6 Å². The van der Waals surface area contributed by atoms with Gasteiger partial charge in [0.1, 0.15) is 0 Å². The lowest BCUT2D eigenvalue weighted by molar-refractivity contribution is 0.122.